The predicted octanol–water partition coefficient (Wildman–Crippen LogP) is 9.81. The summed E-state index contributed by atoms with van der Waals surface area (Å²) in [4.78, 5) is 62.8. The fourth-order valence-corrected chi connectivity index (χ4v) is 14.3. The van der Waals surface area contributed by atoms with Crippen molar-refractivity contribution < 1.29 is 33.8 Å². The van der Waals surface area contributed by atoms with Crippen LogP contribution in [-0.4, -0.2) is 54.2 Å². The van der Waals surface area contributed by atoms with Crippen molar-refractivity contribution in [3.8, 4) is 5.75 Å². The number of carboxylic acid groups (broad SMARTS) is 1. The van der Waals surface area contributed by atoms with Crippen molar-refractivity contribution in [1.82, 2.24) is 10.6 Å². The number of allylic oxidation sites excluding steroid dienone is 2. The molecule has 10 heteroatoms. The average Bonchev–Trinajstić information content (AvgIpc) is 3.48. The molecule has 0 radical (unpaired) electrons. The number of hydrogen-bond donors (Lipinski definition) is 3. The van der Waals surface area contributed by atoms with Crippen LogP contribution < -0.4 is 15.4 Å². The average molecular weight is 850 g/mol. The fraction of sp³-hybridized carbons (Fsp3) is 0.740. The molecule has 1 aromatic rings. The molecule has 6 aliphatic rings. The summed E-state index contributed by atoms with van der Waals surface area (Å²) in [7, 11) is 1.64. The molecule has 6 aliphatic carbocycles. The molecule has 1 aromatic carbocycles. The summed E-state index contributed by atoms with van der Waals surface area (Å²) in [5.41, 5.74) is 2.74. The number of benzene rings is 1. The van der Waals surface area contributed by atoms with Crippen LogP contribution >= 0.6 is 11.6 Å². The number of halogens is 1. The van der Waals surface area contributed by atoms with Crippen molar-refractivity contribution >= 4 is 41.5 Å². The zero-order valence-corrected chi connectivity index (χ0v) is 38.8. The van der Waals surface area contributed by atoms with E-state index in [1.165, 1.54) is 24.8 Å². The number of fused-ring (bicyclic) bond motifs is 7. The molecule has 5 saturated carbocycles. The summed E-state index contributed by atoms with van der Waals surface area (Å²) in [6.45, 7) is 19.6. The number of methoxy groups -OCH3 is 1. The quantitative estimate of drug-likeness (QED) is 0.178. The summed E-state index contributed by atoms with van der Waals surface area (Å²) in [6, 6.07) is 5.58. The van der Waals surface area contributed by atoms with Gasteiger partial charge in [-0.2, -0.15) is 0 Å². The molecule has 11 atom stereocenters. The van der Waals surface area contributed by atoms with E-state index in [9.17, 15) is 29.1 Å². The molecule has 0 aliphatic heterocycles. The lowest BCUT2D eigenvalue weighted by molar-refractivity contribution is -0.162. The minimum Gasteiger partial charge on any atom is -0.496 e. The summed E-state index contributed by atoms with van der Waals surface area (Å²) >= 11 is 5.72. The lowest BCUT2D eigenvalue weighted by Gasteiger charge is -2.65. The molecule has 60 heavy (non-hydrogen) atoms. The third-order valence-electron chi connectivity index (χ3n) is 17.6. The number of carbonyl (C=O) groups excluding carboxylic acids is 4. The minimum absolute atomic E-state index is 0.0524. The standard InChI is InChI=1S/C42H64N2O6.C8H9ClO/c1-23(2)35-33(47)21-42(17-18-43-38(50)40(6,7)44-22-45)16-14-26-27-10-12-34-39(4,5)25(19-32(46)29-20-30(24(29)3)37(48)49)13-15-41(34,8)31(27)11-9-28(26)36(35)42;1-6-3-4-7(9)5-8(6)10-2/h22-31,34H,9-21H2,1-8H3,(H,43,50)(H,44,45)(H,48,49);3-5H,1-2H3. The topological polar surface area (TPSA) is 139 Å². The van der Waals surface area contributed by atoms with Crippen LogP contribution in [0.15, 0.2) is 29.3 Å². The van der Waals surface area contributed by atoms with Crippen molar-refractivity contribution in [3.05, 3.63) is 39.9 Å². The van der Waals surface area contributed by atoms with Crippen molar-refractivity contribution in [2.24, 2.45) is 75.4 Å². The molecule has 0 spiro atoms. The molecular formula is C50H73ClN2O7. The van der Waals surface area contributed by atoms with Gasteiger partial charge in [0, 0.05) is 35.7 Å². The maximum absolute atomic E-state index is 13.8. The fourth-order valence-electron chi connectivity index (χ4n) is 14.2. The number of ketones is 2. The van der Waals surface area contributed by atoms with Crippen LogP contribution in [0, 0.1) is 82.3 Å². The van der Waals surface area contributed by atoms with E-state index in [0.29, 0.717) is 78.5 Å². The van der Waals surface area contributed by atoms with Gasteiger partial charge in [-0.05, 0) is 166 Å². The Morgan fingerprint density at radius 2 is 1.73 bits per heavy atom. The maximum Gasteiger partial charge on any atom is 0.306 e. The van der Waals surface area contributed by atoms with Gasteiger partial charge in [0.05, 0.1) is 13.0 Å². The van der Waals surface area contributed by atoms with Crippen molar-refractivity contribution in [1.29, 1.82) is 0 Å². The van der Waals surface area contributed by atoms with Crippen LogP contribution in [0.5, 0.6) is 5.75 Å². The van der Waals surface area contributed by atoms with Crippen molar-refractivity contribution in [2.75, 3.05) is 13.7 Å². The van der Waals surface area contributed by atoms with E-state index in [4.69, 9.17) is 16.3 Å². The molecule has 7 rings (SSSR count). The number of carbonyl (C=O) groups is 5. The number of ether oxygens (including phenoxy) is 1. The van der Waals surface area contributed by atoms with Crippen LogP contribution in [0.3, 0.4) is 0 Å². The van der Waals surface area contributed by atoms with Gasteiger partial charge in [0.2, 0.25) is 12.3 Å². The van der Waals surface area contributed by atoms with E-state index in [0.717, 1.165) is 55.4 Å². The Labute approximate surface area is 364 Å². The van der Waals surface area contributed by atoms with Crippen LogP contribution in [-0.2, 0) is 24.0 Å². The molecule has 0 bridgehead atoms. The summed E-state index contributed by atoms with van der Waals surface area (Å²) in [6.07, 6.45) is 12.1. The number of aryl methyl sites for hydroxylation is 1. The molecule has 0 saturated heterocycles. The van der Waals surface area contributed by atoms with Crippen LogP contribution in [0.25, 0.3) is 0 Å². The van der Waals surface area contributed by atoms with Gasteiger partial charge < -0.3 is 20.5 Å². The number of aliphatic carboxylic acids is 1. The van der Waals surface area contributed by atoms with E-state index in [-0.39, 0.29) is 51.6 Å². The highest BCUT2D eigenvalue weighted by atomic mass is 35.5. The zero-order chi connectivity index (χ0) is 44.1. The van der Waals surface area contributed by atoms with Gasteiger partial charge in [-0.1, -0.05) is 64.8 Å². The minimum atomic E-state index is -0.984. The number of hydrogen-bond acceptors (Lipinski definition) is 6. The number of carboxylic acids is 1. The Balaban J connectivity index is 0.000000529. The Hall–Kier alpha value is -3.20. The van der Waals surface area contributed by atoms with Gasteiger partial charge in [0.15, 0.2) is 5.78 Å². The van der Waals surface area contributed by atoms with Crippen LogP contribution in [0.4, 0.5) is 0 Å². The Kier molecular flexibility index (Phi) is 13.5. The van der Waals surface area contributed by atoms with Crippen LogP contribution in [0.1, 0.15) is 138 Å². The molecule has 11 unspecified atom stereocenters. The summed E-state index contributed by atoms with van der Waals surface area (Å²) in [5.74, 6) is 3.36. The smallest absolute Gasteiger partial charge is 0.306 e. The van der Waals surface area contributed by atoms with Gasteiger partial charge >= 0.3 is 5.97 Å². The van der Waals surface area contributed by atoms with E-state index in [1.54, 1.807) is 27.0 Å². The first-order valence-corrected chi connectivity index (χ1v) is 23.3. The number of Topliss-reactive ketones (excluding diaryl/α,β-unsaturated/α-hetero) is 2. The van der Waals surface area contributed by atoms with E-state index >= 15 is 0 Å². The van der Waals surface area contributed by atoms with Gasteiger partial charge in [-0.25, -0.2) is 0 Å². The predicted molar refractivity (Wildman–Crippen MR) is 235 cm³/mol. The first-order chi connectivity index (χ1) is 28.1. The highest BCUT2D eigenvalue weighted by Gasteiger charge is 2.63. The van der Waals surface area contributed by atoms with Crippen LogP contribution in [0.2, 0.25) is 5.02 Å². The molecule has 332 valence electrons. The van der Waals surface area contributed by atoms with E-state index in [2.05, 4.69) is 45.3 Å². The second kappa shape index (κ2) is 17.5. The van der Waals surface area contributed by atoms with E-state index < -0.39 is 11.5 Å². The zero-order valence-electron chi connectivity index (χ0n) is 38.0. The lowest BCUT2D eigenvalue weighted by Crippen LogP contribution is -2.58. The Bertz CT molecular complexity index is 1870. The van der Waals surface area contributed by atoms with Gasteiger partial charge in [-0.15, -0.1) is 0 Å². The number of rotatable bonds is 12. The molecule has 0 aromatic heterocycles. The maximum atomic E-state index is 13.8. The van der Waals surface area contributed by atoms with Crippen molar-refractivity contribution in [3.63, 3.8) is 0 Å². The molecule has 9 nitrogen and oxygen atoms in total. The number of nitrogens with one attached hydrogen (secondary N) is 2. The number of amides is 2. The summed E-state index contributed by atoms with van der Waals surface area (Å²) in [5, 5.41) is 15.9. The first kappa shape index (κ1) is 46.3. The molecule has 0 heterocycles. The Morgan fingerprint density at radius 3 is 2.35 bits per heavy atom. The molecule has 5 fully saturated rings. The lowest BCUT2D eigenvalue weighted by atomic mass is 9.39. The SMILES string of the molecule is CC(C)C1=C2C3CCC4C(CCC5C(C)(C)C(CC(=O)C6CC(C(=O)O)C6C)CCC45C)C3CCC2(CCNC(=O)C(C)(C)NC=O)CC1=O.COc1cc(Cl)ccc1C. The van der Waals surface area contributed by atoms with Crippen molar-refractivity contribution in [2.45, 2.75) is 145 Å². The van der Waals surface area contributed by atoms with Gasteiger partial charge in [0.1, 0.15) is 17.1 Å². The molecular weight excluding hydrogens is 776 g/mol. The van der Waals surface area contributed by atoms with E-state index in [1.807, 2.05) is 26.0 Å². The third kappa shape index (κ3) is 8.35. The second-order valence-corrected chi connectivity index (χ2v) is 22.0. The normalized spacial score (nSPS) is 35.3. The van der Waals surface area contributed by atoms with Gasteiger partial charge in [0.25, 0.3) is 0 Å². The molecule has 2 amide bonds. The first-order valence-electron chi connectivity index (χ1n) is 23.0. The largest absolute Gasteiger partial charge is 0.496 e. The highest BCUT2D eigenvalue weighted by molar-refractivity contribution is 6.30. The highest BCUT2D eigenvalue weighted by Crippen LogP contribution is 2.70. The molecule has 3 N–H and O–H groups in total. The second-order valence-electron chi connectivity index (χ2n) is 21.5. The summed E-state index contributed by atoms with van der Waals surface area (Å²) < 4.78 is 5.04. The third-order valence-corrected chi connectivity index (χ3v) is 17.8. The Morgan fingerprint density at radius 1 is 1.02 bits per heavy atom. The van der Waals surface area contributed by atoms with Gasteiger partial charge in [-0.3, -0.25) is 24.0 Å². The monoisotopic (exact) mass is 849 g/mol.